The van der Waals surface area contributed by atoms with Crippen molar-refractivity contribution in [3.05, 3.63) is 35.4 Å². The van der Waals surface area contributed by atoms with Crippen LogP contribution in [0, 0.1) is 5.92 Å². The van der Waals surface area contributed by atoms with Gasteiger partial charge in [-0.25, -0.2) is 0 Å². The van der Waals surface area contributed by atoms with Gasteiger partial charge >= 0.3 is 0 Å². The van der Waals surface area contributed by atoms with Gasteiger partial charge in [-0.15, -0.1) is 0 Å². The van der Waals surface area contributed by atoms with Crippen molar-refractivity contribution in [3.8, 4) is 0 Å². The van der Waals surface area contributed by atoms with Gasteiger partial charge in [0, 0.05) is 0 Å². The van der Waals surface area contributed by atoms with Gasteiger partial charge < -0.3 is 10.8 Å². The van der Waals surface area contributed by atoms with Crippen molar-refractivity contribution in [3.63, 3.8) is 0 Å². The van der Waals surface area contributed by atoms with Crippen molar-refractivity contribution in [2.45, 2.75) is 71.1 Å². The highest BCUT2D eigenvalue weighted by Crippen LogP contribution is 2.14. The van der Waals surface area contributed by atoms with Crippen LogP contribution >= 0.6 is 0 Å². The molecule has 0 aliphatic rings. The number of aryl methyl sites for hydroxylation is 2. The summed E-state index contributed by atoms with van der Waals surface area (Å²) in [5, 5.41) is 9.08. The first-order chi connectivity index (χ1) is 11.2. The molecular formula is C20H33NO2. The lowest BCUT2D eigenvalue weighted by molar-refractivity contribution is -0.123. The number of rotatable bonds is 13. The Balaban J connectivity index is 2.21. The van der Waals surface area contributed by atoms with Gasteiger partial charge in [-0.05, 0) is 43.2 Å². The molecule has 0 bridgehead atoms. The zero-order valence-corrected chi connectivity index (χ0v) is 14.6. The van der Waals surface area contributed by atoms with Crippen LogP contribution < -0.4 is 5.73 Å². The van der Waals surface area contributed by atoms with Gasteiger partial charge in [0.2, 0.25) is 5.91 Å². The van der Waals surface area contributed by atoms with Crippen LogP contribution in [-0.4, -0.2) is 17.6 Å². The number of carbonyl (C=O) groups is 1. The van der Waals surface area contributed by atoms with E-state index in [1.165, 1.54) is 56.1 Å². The summed E-state index contributed by atoms with van der Waals surface area (Å²) in [7, 11) is 0. The average molecular weight is 319 g/mol. The SMILES string of the molecule is CCCCCCCCc1ccc(CCCC(CO)C(N)=O)cc1. The molecule has 23 heavy (non-hydrogen) atoms. The highest BCUT2D eigenvalue weighted by atomic mass is 16.3. The largest absolute Gasteiger partial charge is 0.396 e. The zero-order chi connectivity index (χ0) is 16.9. The fraction of sp³-hybridized carbons (Fsp3) is 0.650. The van der Waals surface area contributed by atoms with Crippen LogP contribution in [0.3, 0.4) is 0 Å². The molecule has 3 heteroatoms. The molecule has 0 aliphatic carbocycles. The summed E-state index contributed by atoms with van der Waals surface area (Å²) in [5.74, 6) is -0.802. The van der Waals surface area contributed by atoms with Gasteiger partial charge in [-0.1, -0.05) is 63.3 Å². The summed E-state index contributed by atoms with van der Waals surface area (Å²) in [6, 6.07) is 8.81. The molecular weight excluding hydrogens is 286 g/mol. The second-order valence-electron chi connectivity index (χ2n) is 6.51. The first-order valence-corrected chi connectivity index (χ1v) is 9.15. The third kappa shape index (κ3) is 8.75. The highest BCUT2D eigenvalue weighted by molar-refractivity contribution is 5.76. The molecule has 0 fully saturated rings. The Bertz CT molecular complexity index is 428. The average Bonchev–Trinajstić information content (AvgIpc) is 2.55. The Labute approximate surface area is 141 Å². The van der Waals surface area contributed by atoms with Crippen molar-refractivity contribution in [2.75, 3.05) is 6.61 Å². The van der Waals surface area contributed by atoms with E-state index in [0.29, 0.717) is 6.42 Å². The van der Waals surface area contributed by atoms with E-state index in [0.717, 1.165) is 12.8 Å². The van der Waals surface area contributed by atoms with Gasteiger partial charge in [-0.3, -0.25) is 4.79 Å². The smallest absolute Gasteiger partial charge is 0.222 e. The summed E-state index contributed by atoms with van der Waals surface area (Å²) in [4.78, 5) is 11.1. The van der Waals surface area contributed by atoms with E-state index >= 15 is 0 Å². The van der Waals surface area contributed by atoms with Gasteiger partial charge in [0.05, 0.1) is 12.5 Å². The number of aliphatic hydroxyl groups excluding tert-OH is 1. The molecule has 3 nitrogen and oxygen atoms in total. The van der Waals surface area contributed by atoms with Crippen molar-refractivity contribution in [1.29, 1.82) is 0 Å². The molecule has 0 aromatic heterocycles. The second kappa shape index (κ2) is 12.1. The van der Waals surface area contributed by atoms with Crippen molar-refractivity contribution < 1.29 is 9.90 Å². The lowest BCUT2D eigenvalue weighted by Crippen LogP contribution is -2.26. The molecule has 1 aromatic rings. The van der Waals surface area contributed by atoms with Crippen LogP contribution in [0.5, 0.6) is 0 Å². The predicted molar refractivity (Wildman–Crippen MR) is 96.2 cm³/mol. The number of carbonyl (C=O) groups excluding carboxylic acids is 1. The third-order valence-corrected chi connectivity index (χ3v) is 4.48. The quantitative estimate of drug-likeness (QED) is 0.540. The molecule has 1 amide bonds. The minimum absolute atomic E-state index is 0.146. The van der Waals surface area contributed by atoms with E-state index in [1.807, 2.05) is 0 Å². The maximum Gasteiger partial charge on any atom is 0.222 e. The maximum absolute atomic E-state index is 11.1. The van der Waals surface area contributed by atoms with Crippen LogP contribution in [-0.2, 0) is 17.6 Å². The van der Waals surface area contributed by atoms with Gasteiger partial charge in [-0.2, -0.15) is 0 Å². The Hall–Kier alpha value is -1.35. The maximum atomic E-state index is 11.1. The van der Waals surface area contributed by atoms with Crippen LogP contribution in [0.4, 0.5) is 0 Å². The summed E-state index contributed by atoms with van der Waals surface area (Å²) in [5.41, 5.74) is 7.93. The number of nitrogens with two attached hydrogens (primary N) is 1. The molecule has 1 atom stereocenters. The third-order valence-electron chi connectivity index (χ3n) is 4.48. The molecule has 0 saturated heterocycles. The van der Waals surface area contributed by atoms with E-state index in [-0.39, 0.29) is 6.61 Å². The lowest BCUT2D eigenvalue weighted by atomic mass is 9.98. The first kappa shape index (κ1) is 19.7. The molecule has 1 aromatic carbocycles. The standard InChI is InChI=1S/C20H33NO2/c1-2-3-4-5-6-7-9-17-12-14-18(15-13-17)10-8-11-19(16-22)20(21)23/h12-15,19,22H,2-11,16H2,1H3,(H2,21,23). The van der Waals surface area contributed by atoms with Crippen LogP contribution in [0.25, 0.3) is 0 Å². The zero-order valence-electron chi connectivity index (χ0n) is 14.6. The predicted octanol–water partition coefficient (Wildman–Crippen LogP) is 4.01. The fourth-order valence-corrected chi connectivity index (χ4v) is 2.86. The van der Waals surface area contributed by atoms with Crippen LogP contribution in [0.1, 0.15) is 69.4 Å². The number of aliphatic hydroxyl groups is 1. The monoisotopic (exact) mass is 319 g/mol. The number of amides is 1. The minimum Gasteiger partial charge on any atom is -0.396 e. The van der Waals surface area contributed by atoms with Crippen molar-refractivity contribution >= 4 is 5.91 Å². The summed E-state index contributed by atoms with van der Waals surface area (Å²) < 4.78 is 0. The van der Waals surface area contributed by atoms with Crippen LogP contribution in [0.15, 0.2) is 24.3 Å². The summed E-state index contributed by atoms with van der Waals surface area (Å²) in [6.07, 6.45) is 11.6. The van der Waals surface area contributed by atoms with E-state index in [9.17, 15) is 4.79 Å². The van der Waals surface area contributed by atoms with Crippen LogP contribution in [0.2, 0.25) is 0 Å². The fourth-order valence-electron chi connectivity index (χ4n) is 2.86. The van der Waals surface area contributed by atoms with E-state index in [4.69, 9.17) is 10.8 Å². The number of benzene rings is 1. The molecule has 0 radical (unpaired) electrons. The van der Waals surface area contributed by atoms with Crippen molar-refractivity contribution in [1.82, 2.24) is 0 Å². The first-order valence-electron chi connectivity index (χ1n) is 9.15. The Morgan fingerprint density at radius 3 is 2.00 bits per heavy atom. The molecule has 1 rings (SSSR count). The summed E-state index contributed by atoms with van der Waals surface area (Å²) in [6.45, 7) is 2.10. The van der Waals surface area contributed by atoms with E-state index in [2.05, 4.69) is 31.2 Å². The molecule has 1 unspecified atom stereocenters. The number of hydrogen-bond donors (Lipinski definition) is 2. The Kier molecular flexibility index (Phi) is 10.4. The minimum atomic E-state index is -0.401. The second-order valence-corrected chi connectivity index (χ2v) is 6.51. The van der Waals surface area contributed by atoms with Crippen molar-refractivity contribution in [2.24, 2.45) is 11.7 Å². The number of hydrogen-bond acceptors (Lipinski definition) is 2. The normalized spacial score (nSPS) is 12.3. The summed E-state index contributed by atoms with van der Waals surface area (Å²) >= 11 is 0. The van der Waals surface area contributed by atoms with E-state index in [1.54, 1.807) is 0 Å². The molecule has 0 spiro atoms. The molecule has 0 heterocycles. The Morgan fingerprint density at radius 2 is 1.48 bits per heavy atom. The van der Waals surface area contributed by atoms with Gasteiger partial charge in [0.1, 0.15) is 0 Å². The molecule has 3 N–H and O–H groups in total. The number of unbranched alkanes of at least 4 members (excludes halogenated alkanes) is 5. The molecule has 130 valence electrons. The molecule has 0 saturated carbocycles. The Morgan fingerprint density at radius 1 is 0.957 bits per heavy atom. The molecule has 0 aliphatic heterocycles. The highest BCUT2D eigenvalue weighted by Gasteiger charge is 2.13. The lowest BCUT2D eigenvalue weighted by Gasteiger charge is -2.10. The van der Waals surface area contributed by atoms with Gasteiger partial charge in [0.25, 0.3) is 0 Å². The topological polar surface area (TPSA) is 63.3 Å². The van der Waals surface area contributed by atoms with Gasteiger partial charge in [0.15, 0.2) is 0 Å². The number of primary amides is 1. The van der Waals surface area contributed by atoms with E-state index < -0.39 is 11.8 Å².